The molecule has 1 aliphatic heterocycles. The molecule has 13 rings (SSSR count). The molecular formula is C57H45N4OPt-3. The molecule has 0 saturated carbocycles. The van der Waals surface area contributed by atoms with Crippen molar-refractivity contribution >= 4 is 44.6 Å². The number of benzene rings is 7. The summed E-state index contributed by atoms with van der Waals surface area (Å²) >= 11 is 0. The van der Waals surface area contributed by atoms with Crippen molar-refractivity contribution in [3.8, 4) is 17.3 Å². The molecule has 5 nitrogen and oxygen atoms in total. The van der Waals surface area contributed by atoms with Crippen LogP contribution in [0.4, 0.5) is 22.7 Å². The second kappa shape index (κ2) is 14.9. The van der Waals surface area contributed by atoms with Gasteiger partial charge in [-0.1, -0.05) is 131 Å². The first-order valence-corrected chi connectivity index (χ1v) is 21.7. The van der Waals surface area contributed by atoms with Crippen LogP contribution in [0.1, 0.15) is 96.9 Å². The Kier molecular flexibility index (Phi) is 9.30. The molecule has 0 saturated heterocycles. The fourth-order valence-electron chi connectivity index (χ4n) is 10.4. The van der Waals surface area contributed by atoms with Crippen molar-refractivity contribution < 1.29 is 25.8 Å². The van der Waals surface area contributed by atoms with Crippen molar-refractivity contribution in [3.05, 3.63) is 221 Å². The van der Waals surface area contributed by atoms with Crippen LogP contribution >= 0.6 is 0 Å². The maximum atomic E-state index is 6.71. The number of hydrogen-bond acceptors (Lipinski definition) is 4. The summed E-state index contributed by atoms with van der Waals surface area (Å²) in [5.41, 5.74) is 17.4. The van der Waals surface area contributed by atoms with E-state index in [1.54, 1.807) is 0 Å². The molecule has 0 unspecified atom stereocenters. The Hall–Kier alpha value is -6.42. The Morgan fingerprint density at radius 1 is 0.619 bits per heavy atom. The van der Waals surface area contributed by atoms with Gasteiger partial charge in [0.2, 0.25) is 0 Å². The van der Waals surface area contributed by atoms with Gasteiger partial charge in [0.05, 0.1) is 0 Å². The van der Waals surface area contributed by atoms with E-state index in [1.807, 2.05) is 18.3 Å². The van der Waals surface area contributed by atoms with E-state index in [9.17, 15) is 0 Å². The van der Waals surface area contributed by atoms with Crippen molar-refractivity contribution in [2.75, 3.05) is 9.80 Å². The van der Waals surface area contributed by atoms with Crippen LogP contribution in [0.2, 0.25) is 0 Å². The van der Waals surface area contributed by atoms with Gasteiger partial charge in [-0.25, -0.2) is 4.98 Å². The number of para-hydroxylation sites is 2. The molecule has 0 spiro atoms. The first-order valence-electron chi connectivity index (χ1n) is 21.7. The van der Waals surface area contributed by atoms with E-state index in [0.717, 1.165) is 39.0 Å². The first-order chi connectivity index (χ1) is 30.2. The normalized spacial score (nSPS) is 15.9. The average molecular weight is 997 g/mol. The predicted molar refractivity (Wildman–Crippen MR) is 252 cm³/mol. The Morgan fingerprint density at radius 3 is 2.05 bits per heavy atom. The number of nitrogens with zero attached hydrogens (tertiary/aromatic N) is 4. The third-order valence-corrected chi connectivity index (χ3v) is 13.2. The SMILES string of the molecule is CC(C)c1ccccc1N1[CH-]N(c2[c-]c(Oc3[c-]c4c(cc3)c3ccccc3n4-c3cc(C(C)(C)C)ccn3)ccc2)c2ccc3c(c21)C1c2ccccc2C3c2ccccc21.[Pt]. The van der Waals surface area contributed by atoms with Gasteiger partial charge in [0.15, 0.2) is 0 Å². The first kappa shape index (κ1) is 39.4. The van der Waals surface area contributed by atoms with Crippen LogP contribution in [-0.4, -0.2) is 9.55 Å². The molecule has 9 aromatic rings. The minimum Gasteiger partial charge on any atom is -0.509 e. The number of anilines is 4. The smallest absolute Gasteiger partial charge is 0.135 e. The largest absolute Gasteiger partial charge is 0.509 e. The van der Waals surface area contributed by atoms with Crippen molar-refractivity contribution in [1.82, 2.24) is 9.55 Å². The number of hydrogen-bond donors (Lipinski definition) is 0. The summed E-state index contributed by atoms with van der Waals surface area (Å²) < 4.78 is 8.92. The van der Waals surface area contributed by atoms with E-state index in [2.05, 4.69) is 207 Å². The maximum absolute atomic E-state index is 6.71. The van der Waals surface area contributed by atoms with Gasteiger partial charge >= 0.3 is 0 Å². The molecule has 6 heteroatoms. The zero-order valence-corrected chi connectivity index (χ0v) is 38.1. The van der Waals surface area contributed by atoms with Gasteiger partial charge in [0.1, 0.15) is 5.82 Å². The van der Waals surface area contributed by atoms with E-state index < -0.39 is 0 Å². The molecule has 2 aromatic heterocycles. The minimum atomic E-state index is -0.0206. The zero-order valence-electron chi connectivity index (χ0n) is 35.8. The van der Waals surface area contributed by atoms with Crippen LogP contribution in [0, 0.1) is 18.8 Å². The van der Waals surface area contributed by atoms with Gasteiger partial charge < -0.3 is 19.1 Å². The summed E-state index contributed by atoms with van der Waals surface area (Å²) in [6, 6.07) is 62.1. The van der Waals surface area contributed by atoms with Crippen molar-refractivity contribution in [2.45, 2.75) is 57.8 Å². The topological polar surface area (TPSA) is 33.5 Å². The number of ether oxygens (including phenoxy) is 1. The van der Waals surface area contributed by atoms with Gasteiger partial charge in [0.25, 0.3) is 0 Å². The number of pyridine rings is 1. The van der Waals surface area contributed by atoms with Crippen LogP contribution in [0.25, 0.3) is 27.6 Å². The van der Waals surface area contributed by atoms with Gasteiger partial charge in [-0.3, -0.25) is 0 Å². The molecule has 4 aliphatic rings. The third-order valence-electron chi connectivity index (χ3n) is 13.2. The summed E-state index contributed by atoms with van der Waals surface area (Å²) in [7, 11) is 0. The molecule has 2 bridgehead atoms. The summed E-state index contributed by atoms with van der Waals surface area (Å²) in [6.07, 6.45) is 1.91. The Morgan fingerprint density at radius 2 is 1.30 bits per heavy atom. The summed E-state index contributed by atoms with van der Waals surface area (Å²) in [6.45, 7) is 13.5. The van der Waals surface area contributed by atoms with E-state index in [-0.39, 0.29) is 38.3 Å². The van der Waals surface area contributed by atoms with Crippen LogP contribution in [0.3, 0.4) is 0 Å². The fraction of sp³-hybridized carbons (Fsp3) is 0.158. The van der Waals surface area contributed by atoms with Gasteiger partial charge in [0, 0.05) is 73.2 Å². The van der Waals surface area contributed by atoms with Crippen molar-refractivity contribution in [3.63, 3.8) is 0 Å². The molecule has 312 valence electrons. The Balaban J connectivity index is 0.00000444. The molecule has 0 N–H and O–H groups in total. The second-order valence-electron chi connectivity index (χ2n) is 18.2. The van der Waals surface area contributed by atoms with Crippen molar-refractivity contribution in [1.29, 1.82) is 0 Å². The van der Waals surface area contributed by atoms with E-state index in [0.29, 0.717) is 17.4 Å². The van der Waals surface area contributed by atoms with Gasteiger partial charge in [-0.15, -0.1) is 48.1 Å². The Labute approximate surface area is 383 Å². The zero-order chi connectivity index (χ0) is 41.9. The van der Waals surface area contributed by atoms with Crippen LogP contribution < -0.4 is 14.5 Å². The number of rotatable bonds is 6. The molecule has 0 atom stereocenters. The number of aromatic nitrogens is 2. The maximum Gasteiger partial charge on any atom is 0.135 e. The third kappa shape index (κ3) is 6.11. The summed E-state index contributed by atoms with van der Waals surface area (Å²) in [5.74, 6) is 2.72. The predicted octanol–water partition coefficient (Wildman–Crippen LogP) is 14.4. The van der Waals surface area contributed by atoms with Crippen LogP contribution in [0.15, 0.2) is 158 Å². The molecule has 0 radical (unpaired) electrons. The standard InChI is InChI=1S/C57H45N4O.Pt/c1-35(2)40-17-10-12-23-48(40)60-34-59(50-28-27-47-53-43-19-6-8-21-45(43)54(55(47)56(50)60)46-22-9-7-20-44(46)53)37-15-14-16-38(32-37)62-39-25-26-42-41-18-11-13-24-49(41)61(51(42)33-39)52-31-36(29-30-58-52)57(3,4)5;/h6-31,34-35,53-54H,1-5H3;/q-3;. The molecule has 3 aliphatic carbocycles. The van der Waals surface area contributed by atoms with E-state index in [4.69, 9.17) is 9.72 Å². The van der Waals surface area contributed by atoms with Crippen LogP contribution in [0.5, 0.6) is 11.5 Å². The molecule has 0 fully saturated rings. The van der Waals surface area contributed by atoms with E-state index in [1.165, 1.54) is 55.9 Å². The second-order valence-corrected chi connectivity index (χ2v) is 18.2. The average Bonchev–Trinajstić information content (AvgIpc) is 3.85. The monoisotopic (exact) mass is 996 g/mol. The van der Waals surface area contributed by atoms with Crippen molar-refractivity contribution in [2.24, 2.45) is 0 Å². The van der Waals surface area contributed by atoms with E-state index >= 15 is 0 Å². The quantitative estimate of drug-likeness (QED) is 0.155. The molecule has 0 amide bonds. The molecular weight excluding hydrogens is 952 g/mol. The van der Waals surface area contributed by atoms with Gasteiger partial charge in [-0.05, 0) is 91.6 Å². The summed E-state index contributed by atoms with van der Waals surface area (Å²) in [5, 5.41) is 2.25. The van der Waals surface area contributed by atoms with Gasteiger partial charge in [-0.2, -0.15) is 12.1 Å². The number of fused-ring (bicyclic) bond motifs is 4. The molecule has 7 aromatic carbocycles. The minimum absolute atomic E-state index is 0. The summed E-state index contributed by atoms with van der Waals surface area (Å²) in [4.78, 5) is 9.61. The fourth-order valence-corrected chi connectivity index (χ4v) is 10.4. The molecule has 63 heavy (non-hydrogen) atoms. The van der Waals surface area contributed by atoms with Crippen LogP contribution in [-0.2, 0) is 26.5 Å². The Bertz CT molecular complexity index is 3220. The molecule has 3 heterocycles.